The van der Waals surface area contributed by atoms with Crippen molar-refractivity contribution in [3.05, 3.63) is 85.3 Å². The Bertz CT molecular complexity index is 1580. The minimum absolute atomic E-state index is 0.0238. The van der Waals surface area contributed by atoms with Crippen molar-refractivity contribution < 1.29 is 27.6 Å². The number of benzene rings is 2. The summed E-state index contributed by atoms with van der Waals surface area (Å²) in [6.45, 7) is 6.95. The summed E-state index contributed by atoms with van der Waals surface area (Å²) in [6.07, 6.45) is -4.78. The second kappa shape index (κ2) is 9.36. The predicted octanol–water partition coefficient (Wildman–Crippen LogP) is 6.59. The molecule has 0 spiro atoms. The number of amides is 1. The van der Waals surface area contributed by atoms with Crippen molar-refractivity contribution in [1.82, 2.24) is 14.6 Å². The number of alkyl halides is 3. The van der Waals surface area contributed by atoms with Crippen molar-refractivity contribution in [2.45, 2.75) is 33.9 Å². The van der Waals surface area contributed by atoms with E-state index in [1.807, 2.05) is 26.8 Å². The third kappa shape index (κ3) is 5.19. The van der Waals surface area contributed by atoms with Gasteiger partial charge in [-0.3, -0.25) is 14.9 Å². The summed E-state index contributed by atoms with van der Waals surface area (Å²) >= 11 is 6.17. The van der Waals surface area contributed by atoms with E-state index in [-0.39, 0.29) is 28.5 Å². The number of ether oxygens (including phenoxy) is 1. The summed E-state index contributed by atoms with van der Waals surface area (Å²) in [4.78, 5) is 27.8. The molecule has 2 aromatic carbocycles. The van der Waals surface area contributed by atoms with Gasteiger partial charge in [-0.05, 0) is 56.5 Å². The van der Waals surface area contributed by atoms with Crippen LogP contribution in [0.3, 0.4) is 0 Å². The van der Waals surface area contributed by atoms with Crippen LogP contribution in [-0.4, -0.2) is 25.4 Å². The van der Waals surface area contributed by atoms with E-state index >= 15 is 0 Å². The number of hydrogen-bond acceptors (Lipinski definition) is 6. The Balaban J connectivity index is 1.73. The fourth-order valence-corrected chi connectivity index (χ4v) is 3.95. The van der Waals surface area contributed by atoms with Crippen LogP contribution in [0, 0.1) is 37.8 Å². The normalized spacial score (nSPS) is 11.6. The van der Waals surface area contributed by atoms with Gasteiger partial charge in [0.1, 0.15) is 22.2 Å². The standard InChI is InChI=1S/C24H19ClF3N5O4/c1-11-5-12(2)14(4)18(6-11)37-17-9-15(8-16(10-17)33(35)36)30-23(34)21-20(25)22-29-13(3)7-19(24(26,27)28)32(22)31-21/h5-10H,1-4H3,(H,30,34). The molecule has 0 atom stereocenters. The van der Waals surface area contributed by atoms with Crippen LogP contribution in [-0.2, 0) is 6.18 Å². The number of nitrogens with one attached hydrogen (secondary N) is 1. The first-order valence-electron chi connectivity index (χ1n) is 10.7. The number of carbonyl (C=O) groups is 1. The highest BCUT2D eigenvalue weighted by Crippen LogP contribution is 2.35. The molecule has 0 radical (unpaired) electrons. The summed E-state index contributed by atoms with van der Waals surface area (Å²) < 4.78 is 46.8. The summed E-state index contributed by atoms with van der Waals surface area (Å²) in [5, 5.41) is 17.2. The first kappa shape index (κ1) is 25.9. The van der Waals surface area contributed by atoms with Gasteiger partial charge in [0, 0.05) is 17.8 Å². The van der Waals surface area contributed by atoms with E-state index in [4.69, 9.17) is 16.3 Å². The van der Waals surface area contributed by atoms with E-state index in [9.17, 15) is 28.1 Å². The number of aryl methyl sites for hydroxylation is 3. The molecule has 1 N–H and O–H groups in total. The average molecular weight is 534 g/mol. The van der Waals surface area contributed by atoms with Crippen LogP contribution < -0.4 is 10.1 Å². The van der Waals surface area contributed by atoms with Gasteiger partial charge >= 0.3 is 6.18 Å². The molecular formula is C24H19ClF3N5O4. The molecule has 0 saturated heterocycles. The number of aromatic nitrogens is 3. The smallest absolute Gasteiger partial charge is 0.433 e. The third-order valence-electron chi connectivity index (χ3n) is 5.52. The largest absolute Gasteiger partial charge is 0.457 e. The minimum atomic E-state index is -4.78. The number of nitro benzene ring substituents is 1. The molecule has 37 heavy (non-hydrogen) atoms. The highest BCUT2D eigenvalue weighted by atomic mass is 35.5. The molecule has 9 nitrogen and oxygen atoms in total. The van der Waals surface area contributed by atoms with Gasteiger partial charge in [0.25, 0.3) is 11.6 Å². The molecule has 192 valence electrons. The lowest BCUT2D eigenvalue weighted by Crippen LogP contribution is -2.16. The topological polar surface area (TPSA) is 112 Å². The quantitative estimate of drug-likeness (QED) is 0.229. The van der Waals surface area contributed by atoms with Crippen LogP contribution in [0.5, 0.6) is 11.5 Å². The molecule has 13 heteroatoms. The fraction of sp³-hybridized carbons (Fsp3) is 0.208. The first-order valence-corrected chi connectivity index (χ1v) is 11.1. The highest BCUT2D eigenvalue weighted by molar-refractivity contribution is 6.37. The SMILES string of the molecule is Cc1cc(C)c(C)c(Oc2cc(NC(=O)c3nn4c(C(F)(F)F)cc(C)nc4c3Cl)cc([N+](=O)[O-])c2)c1. The van der Waals surface area contributed by atoms with Crippen LogP contribution in [0.1, 0.15) is 38.6 Å². The van der Waals surface area contributed by atoms with Gasteiger partial charge in [0.2, 0.25) is 0 Å². The maximum atomic E-state index is 13.5. The number of rotatable bonds is 5. The maximum absolute atomic E-state index is 13.5. The van der Waals surface area contributed by atoms with Crippen molar-refractivity contribution in [2.24, 2.45) is 0 Å². The van der Waals surface area contributed by atoms with Crippen molar-refractivity contribution in [2.75, 3.05) is 5.32 Å². The van der Waals surface area contributed by atoms with Gasteiger partial charge < -0.3 is 10.1 Å². The van der Waals surface area contributed by atoms with Crippen LogP contribution >= 0.6 is 11.6 Å². The van der Waals surface area contributed by atoms with E-state index < -0.39 is 33.4 Å². The Labute approximate surface area is 213 Å². The van der Waals surface area contributed by atoms with Crippen LogP contribution in [0.4, 0.5) is 24.5 Å². The zero-order chi connectivity index (χ0) is 27.2. The predicted molar refractivity (Wildman–Crippen MR) is 130 cm³/mol. The summed E-state index contributed by atoms with van der Waals surface area (Å²) in [7, 11) is 0. The Kier molecular flexibility index (Phi) is 6.55. The molecule has 0 aliphatic rings. The van der Waals surface area contributed by atoms with E-state index in [1.165, 1.54) is 19.1 Å². The van der Waals surface area contributed by atoms with Gasteiger partial charge in [0.05, 0.1) is 16.7 Å². The molecule has 4 aromatic rings. The number of anilines is 1. The Morgan fingerprint density at radius 2 is 1.81 bits per heavy atom. The number of nitrogens with zero attached hydrogens (tertiary/aromatic N) is 4. The molecule has 2 aromatic heterocycles. The lowest BCUT2D eigenvalue weighted by atomic mass is 10.1. The Morgan fingerprint density at radius 3 is 2.46 bits per heavy atom. The van der Waals surface area contributed by atoms with Crippen LogP contribution in [0.2, 0.25) is 5.02 Å². The van der Waals surface area contributed by atoms with Crippen molar-refractivity contribution >= 4 is 34.5 Å². The minimum Gasteiger partial charge on any atom is -0.457 e. The molecule has 2 heterocycles. The third-order valence-corrected chi connectivity index (χ3v) is 5.87. The Hall–Kier alpha value is -4.19. The monoisotopic (exact) mass is 533 g/mol. The number of nitro groups is 1. The van der Waals surface area contributed by atoms with Crippen LogP contribution in [0.25, 0.3) is 5.65 Å². The average Bonchev–Trinajstić information content (AvgIpc) is 3.12. The molecule has 0 bridgehead atoms. The summed E-state index contributed by atoms with van der Waals surface area (Å²) in [5.41, 5.74) is 0.233. The fourth-order valence-electron chi connectivity index (χ4n) is 3.70. The van der Waals surface area contributed by atoms with E-state index in [0.29, 0.717) is 10.3 Å². The second-order valence-electron chi connectivity index (χ2n) is 8.41. The lowest BCUT2D eigenvalue weighted by Gasteiger charge is -2.13. The summed E-state index contributed by atoms with van der Waals surface area (Å²) in [6, 6.07) is 8.11. The number of non-ortho nitro benzene ring substituents is 1. The first-order chi connectivity index (χ1) is 17.2. The van der Waals surface area contributed by atoms with Crippen molar-refractivity contribution in [1.29, 1.82) is 0 Å². The van der Waals surface area contributed by atoms with Crippen molar-refractivity contribution in [3.63, 3.8) is 0 Å². The number of carbonyl (C=O) groups excluding carboxylic acids is 1. The van der Waals surface area contributed by atoms with E-state index in [2.05, 4.69) is 15.4 Å². The lowest BCUT2D eigenvalue weighted by molar-refractivity contribution is -0.384. The molecular weight excluding hydrogens is 515 g/mol. The maximum Gasteiger partial charge on any atom is 0.433 e. The van der Waals surface area contributed by atoms with E-state index in [1.54, 1.807) is 6.07 Å². The molecule has 0 fully saturated rings. The highest BCUT2D eigenvalue weighted by Gasteiger charge is 2.36. The molecule has 0 aliphatic carbocycles. The molecule has 0 saturated carbocycles. The molecule has 0 aliphatic heterocycles. The van der Waals surface area contributed by atoms with Crippen LogP contribution in [0.15, 0.2) is 36.4 Å². The molecule has 4 rings (SSSR count). The zero-order valence-corrected chi connectivity index (χ0v) is 20.7. The zero-order valence-electron chi connectivity index (χ0n) is 19.9. The molecule has 1 amide bonds. The number of halogens is 4. The summed E-state index contributed by atoms with van der Waals surface area (Å²) in [5.74, 6) is -0.453. The van der Waals surface area contributed by atoms with Gasteiger partial charge in [-0.15, -0.1) is 0 Å². The van der Waals surface area contributed by atoms with Gasteiger partial charge in [0.15, 0.2) is 11.3 Å². The van der Waals surface area contributed by atoms with Gasteiger partial charge in [-0.25, -0.2) is 9.50 Å². The second-order valence-corrected chi connectivity index (χ2v) is 8.79. The van der Waals surface area contributed by atoms with Crippen molar-refractivity contribution in [3.8, 4) is 11.5 Å². The van der Waals surface area contributed by atoms with Gasteiger partial charge in [-0.2, -0.15) is 18.3 Å². The number of hydrogen-bond donors (Lipinski definition) is 1. The Morgan fingerprint density at radius 1 is 1.11 bits per heavy atom. The van der Waals surface area contributed by atoms with Gasteiger partial charge in [-0.1, -0.05) is 17.7 Å². The number of fused-ring (bicyclic) bond motifs is 1. The molecule has 0 unspecified atom stereocenters. The van der Waals surface area contributed by atoms with E-state index in [0.717, 1.165) is 28.8 Å².